The fourth-order valence-corrected chi connectivity index (χ4v) is 3.42. The number of hydrogen-bond donors (Lipinski definition) is 2. The zero-order valence-electron chi connectivity index (χ0n) is 18.6. The Bertz CT molecular complexity index is 973. The summed E-state index contributed by atoms with van der Waals surface area (Å²) in [6.07, 6.45) is 1.08. The minimum Gasteiger partial charge on any atom is -0.374 e. The molecule has 0 spiro atoms. The maximum atomic E-state index is 10.9. The van der Waals surface area contributed by atoms with Crippen molar-refractivity contribution in [3.63, 3.8) is 0 Å². The van der Waals surface area contributed by atoms with Crippen molar-refractivity contribution in [1.82, 2.24) is 15.1 Å². The number of aryl methyl sites for hydroxylation is 1. The van der Waals surface area contributed by atoms with Crippen LogP contribution in [0.1, 0.15) is 58.9 Å². The number of aliphatic hydroxyl groups is 1. The molecule has 1 heterocycles. The second-order valence-corrected chi connectivity index (χ2v) is 9.81. The van der Waals surface area contributed by atoms with Crippen LogP contribution in [0.15, 0.2) is 54.7 Å². The lowest BCUT2D eigenvalue weighted by Crippen LogP contribution is -2.38. The molecule has 0 aliphatic carbocycles. The van der Waals surface area contributed by atoms with E-state index < -0.39 is 6.23 Å². The van der Waals surface area contributed by atoms with E-state index in [1.807, 2.05) is 16.9 Å². The highest BCUT2D eigenvalue weighted by Gasteiger charge is 2.21. The van der Waals surface area contributed by atoms with E-state index in [4.69, 9.17) is 0 Å². The first-order valence-electron chi connectivity index (χ1n) is 10.2. The number of aromatic nitrogens is 2. The number of benzene rings is 2. The maximum absolute atomic E-state index is 10.9. The van der Waals surface area contributed by atoms with Crippen LogP contribution in [0, 0.1) is 6.92 Å². The van der Waals surface area contributed by atoms with Crippen LogP contribution in [0.2, 0.25) is 0 Å². The zero-order valence-corrected chi connectivity index (χ0v) is 18.6. The minimum absolute atomic E-state index is 0.138. The highest BCUT2D eigenvalue weighted by atomic mass is 16.3. The monoisotopic (exact) mass is 391 g/mol. The van der Waals surface area contributed by atoms with E-state index in [0.29, 0.717) is 0 Å². The smallest absolute Gasteiger partial charge is 0.131 e. The fourth-order valence-electron chi connectivity index (χ4n) is 3.42. The van der Waals surface area contributed by atoms with Crippen molar-refractivity contribution in [2.45, 2.75) is 65.8 Å². The Morgan fingerprint density at radius 1 is 0.862 bits per heavy atom. The van der Waals surface area contributed by atoms with Crippen molar-refractivity contribution in [2.75, 3.05) is 0 Å². The second kappa shape index (κ2) is 7.77. The lowest BCUT2D eigenvalue weighted by atomic mass is 9.96. The van der Waals surface area contributed by atoms with Crippen LogP contribution in [0.4, 0.5) is 0 Å². The Morgan fingerprint density at radius 3 is 2.07 bits per heavy atom. The van der Waals surface area contributed by atoms with Crippen LogP contribution in [0.5, 0.6) is 0 Å². The van der Waals surface area contributed by atoms with Gasteiger partial charge in [-0.2, -0.15) is 5.10 Å². The van der Waals surface area contributed by atoms with Crippen molar-refractivity contribution < 1.29 is 5.11 Å². The van der Waals surface area contributed by atoms with Crippen LogP contribution in [-0.4, -0.2) is 20.4 Å². The Hall–Kier alpha value is -2.43. The molecule has 0 bridgehead atoms. The van der Waals surface area contributed by atoms with Crippen LogP contribution in [0.3, 0.4) is 0 Å². The largest absolute Gasteiger partial charge is 0.374 e. The second-order valence-electron chi connectivity index (χ2n) is 9.81. The Balaban J connectivity index is 2.16. The molecule has 3 rings (SSSR count). The Kier molecular flexibility index (Phi) is 5.70. The van der Waals surface area contributed by atoms with Gasteiger partial charge in [0.2, 0.25) is 0 Å². The van der Waals surface area contributed by atoms with E-state index in [1.165, 1.54) is 5.56 Å². The van der Waals surface area contributed by atoms with Gasteiger partial charge < -0.3 is 5.11 Å². The number of aliphatic hydroxyl groups excluding tert-OH is 1. The third-order valence-corrected chi connectivity index (χ3v) is 4.80. The molecule has 1 atom stereocenters. The van der Waals surface area contributed by atoms with Gasteiger partial charge in [-0.05, 0) is 89.4 Å². The fraction of sp³-hybridized carbons (Fsp3) is 0.400. The van der Waals surface area contributed by atoms with Gasteiger partial charge in [0, 0.05) is 17.3 Å². The Morgan fingerprint density at radius 2 is 1.48 bits per heavy atom. The topological polar surface area (TPSA) is 50.1 Å². The first kappa shape index (κ1) is 21.3. The highest BCUT2D eigenvalue weighted by molar-refractivity contribution is 5.73. The summed E-state index contributed by atoms with van der Waals surface area (Å²) in [6.45, 7) is 14.7. The van der Waals surface area contributed by atoms with Gasteiger partial charge in [-0.25, -0.2) is 0 Å². The number of rotatable bonds is 4. The lowest BCUT2D eigenvalue weighted by Gasteiger charge is -2.26. The quantitative estimate of drug-likeness (QED) is 0.564. The molecule has 0 amide bonds. The van der Waals surface area contributed by atoms with Crippen LogP contribution in [0.25, 0.3) is 22.4 Å². The molecule has 0 fully saturated rings. The van der Waals surface area contributed by atoms with Crippen molar-refractivity contribution in [3.8, 4) is 22.4 Å². The molecule has 1 aromatic heterocycles. The van der Waals surface area contributed by atoms with E-state index in [2.05, 4.69) is 101 Å². The maximum Gasteiger partial charge on any atom is 0.131 e. The van der Waals surface area contributed by atoms with Gasteiger partial charge in [-0.3, -0.25) is 10.00 Å². The molecule has 1 unspecified atom stereocenters. The number of hydrogen-bond acceptors (Lipinski definition) is 3. The predicted octanol–water partition coefficient (Wildman–Crippen LogP) is 5.66. The van der Waals surface area contributed by atoms with Crippen LogP contribution in [-0.2, 0) is 5.54 Å². The van der Waals surface area contributed by atoms with Crippen molar-refractivity contribution in [3.05, 3.63) is 65.9 Å². The molecule has 3 aromatic rings. The molecule has 4 nitrogen and oxygen atoms in total. The number of nitrogens with one attached hydrogen (secondary N) is 1. The lowest BCUT2D eigenvalue weighted by molar-refractivity contribution is 0.107. The highest BCUT2D eigenvalue weighted by Crippen LogP contribution is 2.32. The molecule has 0 aliphatic heterocycles. The van der Waals surface area contributed by atoms with Gasteiger partial charge in [0.25, 0.3) is 0 Å². The molecular formula is C25H33N3O. The van der Waals surface area contributed by atoms with Gasteiger partial charge in [0.05, 0.1) is 11.2 Å². The summed E-state index contributed by atoms with van der Waals surface area (Å²) in [5.74, 6) is 0. The summed E-state index contributed by atoms with van der Waals surface area (Å²) in [6, 6.07) is 16.8. The van der Waals surface area contributed by atoms with Crippen molar-refractivity contribution >= 4 is 0 Å². The standard InChI is InChI=1S/C25H33N3O/c1-17-8-10-18(11-9-17)19-14-20(22-12-13-26-28(22)25(5,6)7)16-21(15-19)23(29)27-24(2,3)4/h8-16,23,27,29H,1-7H3. The SMILES string of the molecule is Cc1ccc(-c2cc(-c3ccnn3C(C)(C)C)cc(C(O)NC(C)(C)C)c2)cc1. The molecule has 29 heavy (non-hydrogen) atoms. The van der Waals surface area contributed by atoms with Crippen LogP contribution < -0.4 is 5.32 Å². The molecule has 2 aromatic carbocycles. The molecule has 0 radical (unpaired) electrons. The van der Waals surface area contributed by atoms with Gasteiger partial charge in [-0.1, -0.05) is 29.8 Å². The summed E-state index contributed by atoms with van der Waals surface area (Å²) in [5.41, 5.74) is 6.02. The zero-order chi connectivity index (χ0) is 21.4. The van der Waals surface area contributed by atoms with Crippen molar-refractivity contribution in [2.24, 2.45) is 0 Å². The Labute approximate surface area is 174 Å². The summed E-state index contributed by atoms with van der Waals surface area (Å²) >= 11 is 0. The average Bonchev–Trinajstić information content (AvgIpc) is 3.11. The van der Waals surface area contributed by atoms with E-state index >= 15 is 0 Å². The third-order valence-electron chi connectivity index (χ3n) is 4.80. The number of nitrogens with zero attached hydrogens (tertiary/aromatic N) is 2. The summed E-state index contributed by atoms with van der Waals surface area (Å²) < 4.78 is 2.04. The van der Waals surface area contributed by atoms with Crippen LogP contribution >= 0.6 is 0 Å². The minimum atomic E-state index is -0.759. The van der Waals surface area contributed by atoms with Gasteiger partial charge >= 0.3 is 0 Å². The average molecular weight is 392 g/mol. The first-order chi connectivity index (χ1) is 13.4. The van der Waals surface area contributed by atoms with Gasteiger partial charge in [0.15, 0.2) is 0 Å². The van der Waals surface area contributed by atoms with Gasteiger partial charge in [0.1, 0.15) is 6.23 Å². The molecule has 0 saturated carbocycles. The first-order valence-corrected chi connectivity index (χ1v) is 10.2. The summed E-state index contributed by atoms with van der Waals surface area (Å²) in [4.78, 5) is 0. The van der Waals surface area contributed by atoms with Gasteiger partial charge in [-0.15, -0.1) is 0 Å². The van der Waals surface area contributed by atoms with E-state index in [0.717, 1.165) is 27.9 Å². The molecule has 0 saturated heterocycles. The predicted molar refractivity (Wildman–Crippen MR) is 121 cm³/mol. The van der Waals surface area contributed by atoms with E-state index in [1.54, 1.807) is 0 Å². The van der Waals surface area contributed by atoms with Crippen molar-refractivity contribution in [1.29, 1.82) is 0 Å². The molecule has 4 heteroatoms. The normalized spacial score (nSPS) is 13.5. The third kappa shape index (κ3) is 5.14. The summed E-state index contributed by atoms with van der Waals surface area (Å²) in [5, 5.41) is 18.7. The molecular weight excluding hydrogens is 358 g/mol. The summed E-state index contributed by atoms with van der Waals surface area (Å²) in [7, 11) is 0. The molecule has 0 aliphatic rings. The van der Waals surface area contributed by atoms with E-state index in [9.17, 15) is 5.11 Å². The molecule has 2 N–H and O–H groups in total. The van der Waals surface area contributed by atoms with E-state index in [-0.39, 0.29) is 11.1 Å². The molecule has 154 valence electrons.